The largest absolute Gasteiger partial charge is 0.508 e. The van der Waals surface area contributed by atoms with Crippen LogP contribution < -0.4 is 16.1 Å². The summed E-state index contributed by atoms with van der Waals surface area (Å²) in [7, 11) is -1.88. The van der Waals surface area contributed by atoms with Gasteiger partial charge in [-0.15, -0.1) is 0 Å². The SMILES string of the molecule is CCn1c(-c2cccnc2[C@H](C)OC)c2c3cc(ccc31)-c1cc(O)cc(c1)C[C@H](NC(=O)C(C(C)C)N1CCC3(CN(S(=O)(=O)[C@@H]4CN4)C3)C1=O)C(=O)N1CCC[C@H](N1)C(=O)OCC(C)(C)C2. The number of pyridine rings is 1. The molecule has 4 fully saturated rings. The molecular formula is C50H64N8O9S. The molecule has 3 amide bonds. The number of aryl methyl sites for hydroxylation is 1. The number of phenolic OH excluding ortho intramolecular Hbond substituents is 1. The second kappa shape index (κ2) is 18.2. The van der Waals surface area contributed by atoms with Crippen molar-refractivity contribution in [2.45, 2.75) is 110 Å². The van der Waals surface area contributed by atoms with Gasteiger partial charge in [-0.2, -0.15) is 4.31 Å². The maximum atomic E-state index is 14.8. The topological polar surface area (TPSA) is 215 Å². The van der Waals surface area contributed by atoms with Crippen LogP contribution in [-0.4, -0.2) is 131 Å². The number of nitrogens with zero attached hydrogens (tertiary/aromatic N) is 5. The molecule has 0 aliphatic carbocycles. The van der Waals surface area contributed by atoms with E-state index in [2.05, 4.69) is 59.6 Å². The number of carbonyl (C=O) groups is 4. The fourth-order valence-corrected chi connectivity index (χ4v) is 12.5. The highest BCUT2D eigenvalue weighted by Gasteiger charge is 2.61. The number of likely N-dealkylation sites (tertiary alicyclic amines) is 1. The highest BCUT2D eigenvalue weighted by atomic mass is 32.2. The Morgan fingerprint density at radius 3 is 2.53 bits per heavy atom. The zero-order valence-corrected chi connectivity index (χ0v) is 40.8. The van der Waals surface area contributed by atoms with Gasteiger partial charge >= 0.3 is 5.97 Å². The molecule has 4 saturated heterocycles. The molecule has 17 nitrogen and oxygen atoms in total. The summed E-state index contributed by atoms with van der Waals surface area (Å²) in [4.78, 5) is 63.9. The molecule has 7 heterocycles. The van der Waals surface area contributed by atoms with Crippen LogP contribution in [0.3, 0.4) is 0 Å². The standard InChI is InChI=1S/C50H64N8O9S/c1-8-56-40-14-13-32-23-36(40)37(44(56)35-11-9-16-51-42(35)30(4)66-7)24-49(5,6)28-67-47(62)38-12-10-17-58(54-38)46(61)39(21-31-19-33(32)22-34(59)20-31)53-45(60)43(29(2)3)57-18-15-50(48(57)63)26-55(27-50)68(64,65)41-25-52-41/h9,11,13-14,16,19-20,22-23,29-30,38-39,41,43,52,54,59H,8,10,12,15,17-18,21,24-28H2,1-7H3,(H,53,60)/t30-,38-,39-,41+,43?/m0/s1. The lowest BCUT2D eigenvalue weighted by molar-refractivity contribution is -0.155. The molecule has 6 bridgehead atoms. The van der Waals surface area contributed by atoms with Gasteiger partial charge in [0.05, 0.1) is 29.5 Å². The Labute approximate surface area is 397 Å². The van der Waals surface area contributed by atoms with E-state index < -0.39 is 62.1 Å². The van der Waals surface area contributed by atoms with Gasteiger partial charge in [0, 0.05) is 80.9 Å². The molecule has 9 rings (SSSR count). The number of fused-ring (bicyclic) bond motifs is 6. The fraction of sp³-hybridized carbons (Fsp3) is 0.540. The number of rotatable bonds is 10. The molecule has 5 atom stereocenters. The number of phenols is 1. The normalized spacial score (nSPS) is 23.9. The van der Waals surface area contributed by atoms with Crippen molar-refractivity contribution >= 4 is 44.6 Å². The fourth-order valence-electron chi connectivity index (χ4n) is 10.8. The first-order chi connectivity index (χ1) is 32.3. The second-order valence-corrected chi connectivity index (χ2v) is 22.6. The van der Waals surface area contributed by atoms with E-state index in [1.54, 1.807) is 30.3 Å². The number of aromatic nitrogens is 2. The molecule has 1 spiro atoms. The van der Waals surface area contributed by atoms with Crippen molar-refractivity contribution in [3.63, 3.8) is 0 Å². The van der Waals surface area contributed by atoms with Crippen LogP contribution in [0.4, 0.5) is 0 Å². The van der Waals surface area contributed by atoms with Crippen LogP contribution >= 0.6 is 0 Å². The minimum absolute atomic E-state index is 0.0211. The van der Waals surface area contributed by atoms with E-state index >= 15 is 0 Å². The minimum Gasteiger partial charge on any atom is -0.508 e. The summed E-state index contributed by atoms with van der Waals surface area (Å²) in [6, 6.07) is 12.4. The van der Waals surface area contributed by atoms with Crippen molar-refractivity contribution in [1.82, 2.24) is 39.8 Å². The van der Waals surface area contributed by atoms with Crippen LogP contribution in [0.15, 0.2) is 54.7 Å². The van der Waals surface area contributed by atoms with Crippen molar-refractivity contribution in [2.24, 2.45) is 16.7 Å². The summed E-state index contributed by atoms with van der Waals surface area (Å²) < 4.78 is 41.4. The Morgan fingerprint density at radius 1 is 1.06 bits per heavy atom. The predicted octanol–water partition coefficient (Wildman–Crippen LogP) is 4.27. The Bertz CT molecular complexity index is 2760. The number of methoxy groups -OCH3 is 1. The van der Waals surface area contributed by atoms with E-state index in [1.807, 2.05) is 39.0 Å². The smallest absolute Gasteiger partial charge is 0.324 e. The van der Waals surface area contributed by atoms with Gasteiger partial charge in [0.2, 0.25) is 21.8 Å². The van der Waals surface area contributed by atoms with Crippen molar-refractivity contribution < 1.29 is 42.2 Å². The molecule has 4 N–H and O–H groups in total. The van der Waals surface area contributed by atoms with E-state index in [0.717, 1.165) is 39.0 Å². The summed E-state index contributed by atoms with van der Waals surface area (Å²) in [5.74, 6) is -2.16. The van der Waals surface area contributed by atoms with Crippen LogP contribution in [-0.2, 0) is 58.1 Å². The molecule has 1 unspecified atom stereocenters. The van der Waals surface area contributed by atoms with Gasteiger partial charge in [0.25, 0.3) is 5.91 Å². The lowest BCUT2D eigenvalue weighted by Gasteiger charge is -2.45. The van der Waals surface area contributed by atoms with E-state index in [1.165, 1.54) is 9.31 Å². The van der Waals surface area contributed by atoms with Gasteiger partial charge < -0.3 is 29.4 Å². The first kappa shape index (κ1) is 47.7. The van der Waals surface area contributed by atoms with E-state index in [4.69, 9.17) is 14.5 Å². The number of hydrogen-bond donors (Lipinski definition) is 4. The number of esters is 1. The van der Waals surface area contributed by atoms with E-state index in [0.29, 0.717) is 49.9 Å². The van der Waals surface area contributed by atoms with E-state index in [-0.39, 0.29) is 62.9 Å². The van der Waals surface area contributed by atoms with Crippen molar-refractivity contribution in [2.75, 3.05) is 46.4 Å². The number of aromatic hydroxyl groups is 1. The third-order valence-corrected chi connectivity index (χ3v) is 16.5. The van der Waals surface area contributed by atoms with E-state index in [9.17, 15) is 32.7 Å². The van der Waals surface area contributed by atoms with Crippen molar-refractivity contribution in [3.05, 3.63) is 71.5 Å². The Kier molecular flexibility index (Phi) is 12.7. The number of carbonyl (C=O) groups excluding carboxylic acids is 4. The number of amides is 3. The summed E-state index contributed by atoms with van der Waals surface area (Å²) in [5, 5.41) is 19.0. The average Bonchev–Trinajstić information content (AvgIpc) is 4.06. The van der Waals surface area contributed by atoms with Crippen LogP contribution in [0.5, 0.6) is 5.75 Å². The molecule has 5 aliphatic rings. The van der Waals surface area contributed by atoms with Gasteiger partial charge in [-0.1, -0.05) is 39.8 Å². The number of cyclic esters (lactones) is 1. The number of benzene rings is 2. The van der Waals surface area contributed by atoms with Gasteiger partial charge in [-0.3, -0.25) is 34.5 Å². The van der Waals surface area contributed by atoms with Crippen molar-refractivity contribution in [3.8, 4) is 28.1 Å². The molecule has 0 radical (unpaired) electrons. The van der Waals surface area contributed by atoms with Crippen LogP contribution in [0.2, 0.25) is 0 Å². The molecule has 4 aromatic rings. The first-order valence-electron chi connectivity index (χ1n) is 23.9. The van der Waals surface area contributed by atoms with Crippen LogP contribution in [0.25, 0.3) is 33.3 Å². The number of hydrogen-bond acceptors (Lipinski definition) is 12. The number of sulfonamides is 1. The second-order valence-electron chi connectivity index (χ2n) is 20.5. The first-order valence-corrected chi connectivity index (χ1v) is 25.4. The minimum atomic E-state index is -3.55. The molecule has 18 heteroatoms. The quantitative estimate of drug-likeness (QED) is 0.130. The van der Waals surface area contributed by atoms with Crippen molar-refractivity contribution in [1.29, 1.82) is 0 Å². The molecule has 364 valence electrons. The van der Waals surface area contributed by atoms with Gasteiger partial charge in [-0.25, -0.2) is 13.8 Å². The maximum Gasteiger partial charge on any atom is 0.324 e. The molecule has 0 saturated carbocycles. The predicted molar refractivity (Wildman–Crippen MR) is 255 cm³/mol. The zero-order valence-electron chi connectivity index (χ0n) is 40.0. The van der Waals surface area contributed by atoms with Crippen LogP contribution in [0.1, 0.15) is 83.7 Å². The summed E-state index contributed by atoms with van der Waals surface area (Å²) >= 11 is 0. The summed E-state index contributed by atoms with van der Waals surface area (Å²) in [5.41, 5.74) is 8.56. The molecule has 68 heavy (non-hydrogen) atoms. The van der Waals surface area contributed by atoms with Crippen LogP contribution in [0, 0.1) is 16.7 Å². The van der Waals surface area contributed by atoms with Gasteiger partial charge in [0.1, 0.15) is 29.2 Å². The molecular weight excluding hydrogens is 889 g/mol. The lowest BCUT2D eigenvalue weighted by Crippen LogP contribution is -2.64. The summed E-state index contributed by atoms with van der Waals surface area (Å²) in [6.45, 7) is 13.7. The number of ether oxygens (including phenoxy) is 2. The maximum absolute atomic E-state index is 14.8. The monoisotopic (exact) mass is 952 g/mol. The number of nitrogens with one attached hydrogen (secondary N) is 3. The highest BCUT2D eigenvalue weighted by Crippen LogP contribution is 2.45. The van der Waals surface area contributed by atoms with Gasteiger partial charge in [0.15, 0.2) is 0 Å². The van der Waals surface area contributed by atoms with Gasteiger partial charge in [-0.05, 0) is 104 Å². The zero-order chi connectivity index (χ0) is 48.4. The Hall–Kier alpha value is -5.40. The average molecular weight is 953 g/mol. The molecule has 5 aliphatic heterocycles. The Morgan fingerprint density at radius 2 is 1.82 bits per heavy atom. The third kappa shape index (κ3) is 8.78. The third-order valence-electron chi connectivity index (χ3n) is 14.5. The molecule has 2 aromatic heterocycles. The highest BCUT2D eigenvalue weighted by molar-refractivity contribution is 7.90. The number of hydrazine groups is 1. The lowest BCUT2D eigenvalue weighted by atomic mass is 9.80. The Balaban J connectivity index is 1.09. The molecule has 2 aromatic carbocycles. The summed E-state index contributed by atoms with van der Waals surface area (Å²) in [6.07, 6.45) is 3.32.